The fraction of sp³-hybridized carbons (Fsp3) is 0.231. The van der Waals surface area contributed by atoms with Crippen LogP contribution >= 0.6 is 11.6 Å². The lowest BCUT2D eigenvalue weighted by molar-refractivity contribution is -0.385. The minimum atomic E-state index is -0.776. The summed E-state index contributed by atoms with van der Waals surface area (Å²) in [6.07, 6.45) is 1.72. The number of hydrogen-bond acceptors (Lipinski definition) is 5. The SMILES string of the molecule is Cc1nn(C)cc1COC(=O)c1ccc(Cl)cc1[N+](=O)[O-]. The third-order valence-electron chi connectivity index (χ3n) is 2.85. The van der Waals surface area contributed by atoms with Gasteiger partial charge in [-0.1, -0.05) is 11.6 Å². The summed E-state index contributed by atoms with van der Waals surface area (Å²) in [7, 11) is 1.75. The molecule has 0 aliphatic rings. The predicted octanol–water partition coefficient (Wildman–Crippen LogP) is 2.65. The lowest BCUT2D eigenvalue weighted by Gasteiger charge is -2.05. The molecule has 2 aromatic rings. The Morgan fingerprint density at radius 3 is 2.81 bits per heavy atom. The molecule has 8 heteroatoms. The molecule has 0 bridgehead atoms. The van der Waals surface area contributed by atoms with Gasteiger partial charge in [0.1, 0.15) is 12.2 Å². The number of nitro groups is 1. The summed E-state index contributed by atoms with van der Waals surface area (Å²) < 4.78 is 6.70. The van der Waals surface area contributed by atoms with Gasteiger partial charge in [0.05, 0.1) is 10.6 Å². The number of carbonyl (C=O) groups is 1. The molecular weight excluding hydrogens is 298 g/mol. The van der Waals surface area contributed by atoms with Crippen LogP contribution in [0.2, 0.25) is 5.02 Å². The maximum absolute atomic E-state index is 12.0. The predicted molar refractivity (Wildman–Crippen MR) is 75.2 cm³/mol. The number of aromatic nitrogens is 2. The van der Waals surface area contributed by atoms with E-state index in [4.69, 9.17) is 16.3 Å². The molecule has 0 radical (unpaired) electrons. The van der Waals surface area contributed by atoms with E-state index in [1.54, 1.807) is 24.9 Å². The van der Waals surface area contributed by atoms with Gasteiger partial charge in [0.2, 0.25) is 0 Å². The average Bonchev–Trinajstić information content (AvgIpc) is 2.74. The highest BCUT2D eigenvalue weighted by molar-refractivity contribution is 6.31. The maximum atomic E-state index is 12.0. The zero-order valence-electron chi connectivity index (χ0n) is 11.4. The molecule has 0 saturated heterocycles. The molecule has 7 nitrogen and oxygen atoms in total. The number of esters is 1. The average molecular weight is 310 g/mol. The largest absolute Gasteiger partial charge is 0.457 e. The minimum Gasteiger partial charge on any atom is -0.457 e. The molecule has 1 aromatic carbocycles. The van der Waals surface area contributed by atoms with Crippen molar-refractivity contribution in [3.63, 3.8) is 0 Å². The smallest absolute Gasteiger partial charge is 0.345 e. The number of nitro benzene ring substituents is 1. The summed E-state index contributed by atoms with van der Waals surface area (Å²) in [6, 6.07) is 3.80. The molecule has 110 valence electrons. The highest BCUT2D eigenvalue weighted by Gasteiger charge is 2.22. The van der Waals surface area contributed by atoms with Gasteiger partial charge >= 0.3 is 5.97 Å². The van der Waals surface area contributed by atoms with E-state index < -0.39 is 10.9 Å². The van der Waals surface area contributed by atoms with Crippen LogP contribution in [-0.2, 0) is 18.4 Å². The van der Waals surface area contributed by atoms with E-state index in [9.17, 15) is 14.9 Å². The quantitative estimate of drug-likeness (QED) is 0.492. The van der Waals surface area contributed by atoms with Gasteiger partial charge in [-0.2, -0.15) is 5.10 Å². The van der Waals surface area contributed by atoms with Gasteiger partial charge in [-0.25, -0.2) is 4.79 Å². The Bertz CT molecular complexity index is 711. The van der Waals surface area contributed by atoms with Crippen molar-refractivity contribution in [1.29, 1.82) is 0 Å². The van der Waals surface area contributed by atoms with Gasteiger partial charge in [0.25, 0.3) is 5.69 Å². The lowest BCUT2D eigenvalue weighted by atomic mass is 10.2. The van der Waals surface area contributed by atoms with Crippen molar-refractivity contribution in [1.82, 2.24) is 9.78 Å². The molecule has 0 saturated carbocycles. The second-order valence-electron chi connectivity index (χ2n) is 4.41. The molecule has 21 heavy (non-hydrogen) atoms. The molecule has 0 amide bonds. The van der Waals surface area contributed by atoms with Crippen LogP contribution in [0.25, 0.3) is 0 Å². The standard InChI is InChI=1S/C13H12ClN3O4/c1-8-9(6-16(2)15-8)7-21-13(18)11-4-3-10(14)5-12(11)17(19)20/h3-6H,7H2,1-2H3. The zero-order valence-corrected chi connectivity index (χ0v) is 12.1. The Balaban J connectivity index is 2.17. The van der Waals surface area contributed by atoms with Gasteiger partial charge in [0, 0.05) is 29.9 Å². The van der Waals surface area contributed by atoms with Gasteiger partial charge in [-0.15, -0.1) is 0 Å². The Kier molecular flexibility index (Phi) is 4.23. The summed E-state index contributed by atoms with van der Waals surface area (Å²) in [5.41, 5.74) is 0.958. The topological polar surface area (TPSA) is 87.3 Å². The van der Waals surface area contributed by atoms with E-state index in [1.807, 2.05) is 0 Å². The molecule has 1 heterocycles. The van der Waals surface area contributed by atoms with E-state index in [0.717, 1.165) is 17.3 Å². The van der Waals surface area contributed by atoms with Crippen molar-refractivity contribution < 1.29 is 14.5 Å². The molecular formula is C13H12ClN3O4. The number of benzene rings is 1. The molecule has 2 rings (SSSR count). The van der Waals surface area contributed by atoms with Crippen LogP contribution in [-0.4, -0.2) is 20.7 Å². The number of carbonyl (C=O) groups excluding carboxylic acids is 1. The van der Waals surface area contributed by atoms with E-state index in [-0.39, 0.29) is 22.9 Å². The third kappa shape index (κ3) is 3.38. The van der Waals surface area contributed by atoms with Gasteiger partial charge in [0.15, 0.2) is 0 Å². The summed E-state index contributed by atoms with van der Waals surface area (Å²) in [5, 5.41) is 15.2. The highest BCUT2D eigenvalue weighted by Crippen LogP contribution is 2.24. The number of rotatable bonds is 4. The van der Waals surface area contributed by atoms with Crippen LogP contribution in [0.15, 0.2) is 24.4 Å². The lowest BCUT2D eigenvalue weighted by Crippen LogP contribution is -2.08. The Morgan fingerprint density at radius 2 is 2.24 bits per heavy atom. The fourth-order valence-electron chi connectivity index (χ4n) is 1.84. The van der Waals surface area contributed by atoms with Crippen molar-refractivity contribution in [3.8, 4) is 0 Å². The normalized spacial score (nSPS) is 10.4. The molecule has 0 N–H and O–H groups in total. The van der Waals surface area contributed by atoms with E-state index in [0.29, 0.717) is 0 Å². The number of nitrogens with zero attached hydrogens (tertiary/aromatic N) is 3. The molecule has 0 fully saturated rings. The first-order valence-electron chi connectivity index (χ1n) is 5.98. The monoisotopic (exact) mass is 309 g/mol. The van der Waals surface area contributed by atoms with Crippen LogP contribution in [0.4, 0.5) is 5.69 Å². The summed E-state index contributed by atoms with van der Waals surface area (Å²) in [4.78, 5) is 22.2. The minimum absolute atomic E-state index is 0.00170. The van der Waals surface area contributed by atoms with Crippen molar-refractivity contribution >= 4 is 23.3 Å². The first-order chi connectivity index (χ1) is 9.88. The summed E-state index contributed by atoms with van der Waals surface area (Å²) in [5.74, 6) is -0.776. The molecule has 0 unspecified atom stereocenters. The van der Waals surface area contributed by atoms with E-state index >= 15 is 0 Å². The number of aryl methyl sites for hydroxylation is 2. The first kappa shape index (κ1) is 15.0. The molecule has 0 spiro atoms. The van der Waals surface area contributed by atoms with Crippen LogP contribution in [0.1, 0.15) is 21.6 Å². The van der Waals surface area contributed by atoms with Crippen molar-refractivity contribution in [2.75, 3.05) is 0 Å². The van der Waals surface area contributed by atoms with Crippen molar-refractivity contribution in [2.24, 2.45) is 7.05 Å². The second-order valence-corrected chi connectivity index (χ2v) is 4.84. The third-order valence-corrected chi connectivity index (χ3v) is 3.09. The Labute approximate surface area is 125 Å². The van der Waals surface area contributed by atoms with E-state index in [1.165, 1.54) is 12.1 Å². The zero-order chi connectivity index (χ0) is 15.6. The van der Waals surface area contributed by atoms with Gasteiger partial charge < -0.3 is 4.74 Å². The van der Waals surface area contributed by atoms with Crippen molar-refractivity contribution in [2.45, 2.75) is 13.5 Å². The highest BCUT2D eigenvalue weighted by atomic mass is 35.5. The Morgan fingerprint density at radius 1 is 1.52 bits per heavy atom. The van der Waals surface area contributed by atoms with E-state index in [2.05, 4.69) is 5.10 Å². The van der Waals surface area contributed by atoms with Crippen LogP contribution in [0, 0.1) is 17.0 Å². The molecule has 0 atom stereocenters. The number of ether oxygens (including phenoxy) is 1. The maximum Gasteiger partial charge on any atom is 0.345 e. The number of halogens is 1. The van der Waals surface area contributed by atoms with Crippen LogP contribution in [0.3, 0.4) is 0 Å². The molecule has 0 aliphatic carbocycles. The number of hydrogen-bond donors (Lipinski definition) is 0. The second kappa shape index (κ2) is 5.92. The summed E-state index contributed by atoms with van der Waals surface area (Å²) in [6.45, 7) is 1.78. The molecule has 1 aromatic heterocycles. The van der Waals surface area contributed by atoms with Gasteiger partial charge in [-0.3, -0.25) is 14.8 Å². The van der Waals surface area contributed by atoms with Gasteiger partial charge in [-0.05, 0) is 19.1 Å². The summed E-state index contributed by atoms with van der Waals surface area (Å²) >= 11 is 5.69. The molecule has 0 aliphatic heterocycles. The first-order valence-corrected chi connectivity index (χ1v) is 6.36. The fourth-order valence-corrected chi connectivity index (χ4v) is 2.01. The van der Waals surface area contributed by atoms with Crippen LogP contribution < -0.4 is 0 Å². The van der Waals surface area contributed by atoms with Crippen molar-refractivity contribution in [3.05, 3.63) is 56.4 Å². The Hall–Kier alpha value is -2.41. The van der Waals surface area contributed by atoms with Crippen LogP contribution in [0.5, 0.6) is 0 Å².